The molecule has 0 aliphatic rings. The Hall–Kier alpha value is -2.94. The van der Waals surface area contributed by atoms with Crippen molar-refractivity contribution in [1.29, 1.82) is 0 Å². The molecule has 0 radical (unpaired) electrons. The molecule has 31 heavy (non-hydrogen) atoms. The average molecular weight is 448 g/mol. The summed E-state index contributed by atoms with van der Waals surface area (Å²) in [6.45, 7) is 6.12. The standard InChI is InChI=1S/C22H29N3O5S/c1-16(2)19-12-10-18(11-13-19)7-6-14-23-22(26)17(3)24(31(4,29)30)20-8-5-9-21(15-20)25(27)28/h5,8-13,15-17H,6-7,14H2,1-4H3,(H,23,26). The van der Waals surface area contributed by atoms with Crippen molar-refractivity contribution in [2.24, 2.45) is 0 Å². The van der Waals surface area contributed by atoms with Crippen LogP contribution >= 0.6 is 0 Å². The summed E-state index contributed by atoms with van der Waals surface area (Å²) in [6, 6.07) is 12.5. The number of carbonyl (C=O) groups is 1. The first-order valence-electron chi connectivity index (χ1n) is 10.1. The molecule has 0 heterocycles. The highest BCUT2D eigenvalue weighted by atomic mass is 32.2. The highest BCUT2D eigenvalue weighted by molar-refractivity contribution is 7.92. The number of nitrogens with zero attached hydrogens (tertiary/aromatic N) is 2. The number of sulfonamides is 1. The summed E-state index contributed by atoms with van der Waals surface area (Å²) in [7, 11) is -3.84. The first-order valence-corrected chi connectivity index (χ1v) is 12.0. The van der Waals surface area contributed by atoms with Gasteiger partial charge in [0.25, 0.3) is 5.69 Å². The molecular formula is C22H29N3O5S. The lowest BCUT2D eigenvalue weighted by Gasteiger charge is -2.28. The minimum atomic E-state index is -3.84. The van der Waals surface area contributed by atoms with Gasteiger partial charge in [0.15, 0.2) is 0 Å². The molecule has 1 atom stereocenters. The zero-order chi connectivity index (χ0) is 23.2. The Kier molecular flexibility index (Phi) is 8.15. The van der Waals surface area contributed by atoms with E-state index in [1.54, 1.807) is 0 Å². The Morgan fingerprint density at radius 1 is 1.13 bits per heavy atom. The topological polar surface area (TPSA) is 110 Å². The number of carbonyl (C=O) groups excluding carboxylic acids is 1. The molecule has 1 amide bonds. The van der Waals surface area contributed by atoms with E-state index in [2.05, 4.69) is 43.4 Å². The first-order chi connectivity index (χ1) is 14.5. The van der Waals surface area contributed by atoms with Gasteiger partial charge >= 0.3 is 0 Å². The summed E-state index contributed by atoms with van der Waals surface area (Å²) in [6.07, 6.45) is 2.46. The molecule has 0 saturated heterocycles. The second-order valence-electron chi connectivity index (χ2n) is 7.80. The molecule has 0 saturated carbocycles. The summed E-state index contributed by atoms with van der Waals surface area (Å²) >= 11 is 0. The van der Waals surface area contributed by atoms with Gasteiger partial charge in [-0.25, -0.2) is 8.42 Å². The van der Waals surface area contributed by atoms with E-state index in [-0.39, 0.29) is 11.4 Å². The highest BCUT2D eigenvalue weighted by Gasteiger charge is 2.29. The van der Waals surface area contributed by atoms with Crippen LogP contribution in [-0.4, -0.2) is 38.1 Å². The number of hydrogen-bond acceptors (Lipinski definition) is 5. The van der Waals surface area contributed by atoms with Gasteiger partial charge in [-0.05, 0) is 42.9 Å². The van der Waals surface area contributed by atoms with Crippen molar-refractivity contribution >= 4 is 27.3 Å². The maximum atomic E-state index is 12.6. The predicted molar refractivity (Wildman–Crippen MR) is 122 cm³/mol. The Morgan fingerprint density at radius 3 is 2.32 bits per heavy atom. The Morgan fingerprint density at radius 2 is 1.77 bits per heavy atom. The van der Waals surface area contributed by atoms with E-state index < -0.39 is 26.9 Å². The van der Waals surface area contributed by atoms with Crippen molar-refractivity contribution in [1.82, 2.24) is 5.32 Å². The zero-order valence-corrected chi connectivity index (χ0v) is 19.1. The van der Waals surface area contributed by atoms with Gasteiger partial charge in [0.05, 0.1) is 16.9 Å². The number of aryl methyl sites for hydroxylation is 1. The second-order valence-corrected chi connectivity index (χ2v) is 9.66. The Balaban J connectivity index is 2.00. The van der Waals surface area contributed by atoms with Gasteiger partial charge in [0, 0.05) is 18.7 Å². The van der Waals surface area contributed by atoms with Crippen molar-refractivity contribution in [3.63, 3.8) is 0 Å². The smallest absolute Gasteiger partial charge is 0.271 e. The van der Waals surface area contributed by atoms with E-state index >= 15 is 0 Å². The number of benzene rings is 2. The van der Waals surface area contributed by atoms with Gasteiger partial charge in [-0.2, -0.15) is 0 Å². The minimum absolute atomic E-state index is 0.0737. The second kappa shape index (κ2) is 10.4. The first kappa shape index (κ1) is 24.3. The predicted octanol–water partition coefficient (Wildman–Crippen LogP) is 3.62. The fourth-order valence-electron chi connectivity index (χ4n) is 3.27. The van der Waals surface area contributed by atoms with Crippen LogP contribution in [0.3, 0.4) is 0 Å². The molecule has 0 bridgehead atoms. The van der Waals surface area contributed by atoms with Gasteiger partial charge in [-0.3, -0.25) is 19.2 Å². The number of amides is 1. The molecule has 1 N–H and O–H groups in total. The van der Waals surface area contributed by atoms with E-state index in [0.29, 0.717) is 18.9 Å². The number of nitro benzene ring substituents is 1. The highest BCUT2D eigenvalue weighted by Crippen LogP contribution is 2.25. The number of hydrogen-bond donors (Lipinski definition) is 1. The SMILES string of the molecule is CC(C)c1ccc(CCCNC(=O)C(C)N(c2cccc([N+](=O)[O-])c2)S(C)(=O)=O)cc1. The number of anilines is 1. The minimum Gasteiger partial charge on any atom is -0.354 e. The van der Waals surface area contributed by atoms with Crippen LogP contribution in [0.1, 0.15) is 44.2 Å². The van der Waals surface area contributed by atoms with Crippen molar-refractivity contribution in [3.8, 4) is 0 Å². The molecule has 0 spiro atoms. The monoisotopic (exact) mass is 447 g/mol. The fraction of sp³-hybridized carbons (Fsp3) is 0.409. The van der Waals surface area contributed by atoms with E-state index in [9.17, 15) is 23.3 Å². The Bertz CT molecular complexity index is 1020. The van der Waals surface area contributed by atoms with Gasteiger partial charge < -0.3 is 5.32 Å². The van der Waals surface area contributed by atoms with Crippen molar-refractivity contribution < 1.29 is 18.1 Å². The molecule has 0 fully saturated rings. The quantitative estimate of drug-likeness (QED) is 0.340. The maximum absolute atomic E-state index is 12.6. The van der Waals surface area contributed by atoms with Crippen molar-refractivity contribution in [2.75, 3.05) is 17.1 Å². The lowest BCUT2D eigenvalue weighted by Crippen LogP contribution is -2.48. The third-order valence-electron chi connectivity index (χ3n) is 4.97. The summed E-state index contributed by atoms with van der Waals surface area (Å²) in [4.78, 5) is 23.0. The lowest BCUT2D eigenvalue weighted by atomic mass is 10.0. The largest absolute Gasteiger partial charge is 0.354 e. The van der Waals surface area contributed by atoms with Gasteiger partial charge in [-0.1, -0.05) is 44.2 Å². The maximum Gasteiger partial charge on any atom is 0.271 e. The van der Waals surface area contributed by atoms with Crippen LogP contribution in [0.4, 0.5) is 11.4 Å². The summed E-state index contributed by atoms with van der Waals surface area (Å²) in [5, 5.41) is 13.8. The van der Waals surface area contributed by atoms with Crippen molar-refractivity contribution in [2.45, 2.75) is 45.6 Å². The molecule has 9 heteroatoms. The number of rotatable bonds is 10. The molecule has 0 aromatic heterocycles. The van der Waals surface area contributed by atoms with E-state index in [1.165, 1.54) is 36.2 Å². The Labute approximate surface area is 183 Å². The van der Waals surface area contributed by atoms with Gasteiger partial charge in [-0.15, -0.1) is 0 Å². The third kappa shape index (κ3) is 6.78. The molecule has 168 valence electrons. The van der Waals surface area contributed by atoms with E-state index in [1.807, 2.05) is 0 Å². The summed E-state index contributed by atoms with van der Waals surface area (Å²) in [5.74, 6) is 0.00533. The van der Waals surface area contributed by atoms with Crippen LogP contribution in [0.15, 0.2) is 48.5 Å². The molecule has 2 aromatic rings. The molecule has 0 aliphatic carbocycles. The van der Waals surface area contributed by atoms with Gasteiger partial charge in [0.1, 0.15) is 6.04 Å². The number of non-ortho nitro benzene ring substituents is 1. The molecular weight excluding hydrogens is 418 g/mol. The molecule has 2 rings (SSSR count). The molecule has 8 nitrogen and oxygen atoms in total. The van der Waals surface area contributed by atoms with Crippen LogP contribution in [0, 0.1) is 10.1 Å². The van der Waals surface area contributed by atoms with Crippen LogP contribution in [0.25, 0.3) is 0 Å². The molecule has 0 aliphatic heterocycles. The van der Waals surface area contributed by atoms with Gasteiger partial charge in [0.2, 0.25) is 15.9 Å². The van der Waals surface area contributed by atoms with Crippen LogP contribution in [0.5, 0.6) is 0 Å². The van der Waals surface area contributed by atoms with Crippen molar-refractivity contribution in [3.05, 3.63) is 69.8 Å². The third-order valence-corrected chi connectivity index (χ3v) is 6.21. The zero-order valence-electron chi connectivity index (χ0n) is 18.2. The van der Waals surface area contributed by atoms with Crippen LogP contribution < -0.4 is 9.62 Å². The van der Waals surface area contributed by atoms with Crippen LogP contribution in [-0.2, 0) is 21.2 Å². The van der Waals surface area contributed by atoms with Crippen LogP contribution in [0.2, 0.25) is 0 Å². The lowest BCUT2D eigenvalue weighted by molar-refractivity contribution is -0.384. The number of nitro groups is 1. The molecule has 1 unspecified atom stereocenters. The average Bonchev–Trinajstić information content (AvgIpc) is 2.70. The summed E-state index contributed by atoms with van der Waals surface area (Å²) in [5.41, 5.74) is 2.26. The summed E-state index contributed by atoms with van der Waals surface area (Å²) < 4.78 is 25.6. The molecule has 2 aromatic carbocycles. The number of nitrogens with one attached hydrogen (secondary N) is 1. The van der Waals surface area contributed by atoms with E-state index in [0.717, 1.165) is 23.0 Å². The normalized spacial score (nSPS) is 12.4. The van der Waals surface area contributed by atoms with E-state index in [4.69, 9.17) is 0 Å². The fourth-order valence-corrected chi connectivity index (χ4v) is 4.44.